The van der Waals surface area contributed by atoms with Crippen LogP contribution in [0.2, 0.25) is 0 Å². The van der Waals surface area contributed by atoms with Crippen LogP contribution < -0.4 is 5.32 Å². The van der Waals surface area contributed by atoms with Crippen LogP contribution in [0.25, 0.3) is 0 Å². The van der Waals surface area contributed by atoms with E-state index in [1.807, 2.05) is 24.3 Å². The van der Waals surface area contributed by atoms with Gasteiger partial charge < -0.3 is 15.2 Å². The number of methoxy groups -OCH3 is 1. The second kappa shape index (κ2) is 7.57. The molecule has 2 N–H and O–H groups in total. The van der Waals surface area contributed by atoms with Gasteiger partial charge in [0.15, 0.2) is 0 Å². The van der Waals surface area contributed by atoms with E-state index in [1.165, 1.54) is 0 Å². The van der Waals surface area contributed by atoms with Crippen molar-refractivity contribution >= 4 is 11.6 Å². The van der Waals surface area contributed by atoms with Crippen molar-refractivity contribution in [1.82, 2.24) is 0 Å². The Bertz CT molecular complexity index is 450. The van der Waals surface area contributed by atoms with Gasteiger partial charge in [0.05, 0.1) is 5.41 Å². The smallest absolute Gasteiger partial charge is 0.230 e. The van der Waals surface area contributed by atoms with Gasteiger partial charge in [0.25, 0.3) is 0 Å². The van der Waals surface area contributed by atoms with E-state index in [0.29, 0.717) is 13.0 Å². The number of amides is 1. The van der Waals surface area contributed by atoms with Gasteiger partial charge in [-0.05, 0) is 43.4 Å². The van der Waals surface area contributed by atoms with Gasteiger partial charge >= 0.3 is 0 Å². The van der Waals surface area contributed by atoms with Crippen molar-refractivity contribution in [2.75, 3.05) is 25.6 Å². The number of aliphatic hydroxyl groups is 1. The average molecular weight is 291 g/mol. The predicted molar refractivity (Wildman–Crippen MR) is 83.3 cm³/mol. The summed E-state index contributed by atoms with van der Waals surface area (Å²) < 4.78 is 5.17. The highest BCUT2D eigenvalue weighted by Crippen LogP contribution is 2.42. The quantitative estimate of drug-likeness (QED) is 0.812. The number of hydrogen-bond donors (Lipinski definition) is 2. The lowest BCUT2D eigenvalue weighted by atomic mass is 9.82. The minimum atomic E-state index is -0.264. The van der Waals surface area contributed by atoms with Crippen LogP contribution in [0.1, 0.15) is 37.7 Å². The van der Waals surface area contributed by atoms with E-state index < -0.39 is 0 Å². The Balaban J connectivity index is 2.01. The second-order valence-electron chi connectivity index (χ2n) is 5.85. The van der Waals surface area contributed by atoms with Crippen molar-refractivity contribution in [3.05, 3.63) is 29.8 Å². The van der Waals surface area contributed by atoms with Crippen LogP contribution in [-0.2, 0) is 16.0 Å². The molecule has 0 bridgehead atoms. The van der Waals surface area contributed by atoms with Crippen LogP contribution in [0.15, 0.2) is 24.3 Å². The third-order valence-electron chi connectivity index (χ3n) is 4.44. The Morgan fingerprint density at radius 1 is 1.29 bits per heavy atom. The van der Waals surface area contributed by atoms with Crippen molar-refractivity contribution in [3.63, 3.8) is 0 Å². The first kappa shape index (κ1) is 16.0. The molecule has 4 nitrogen and oxygen atoms in total. The lowest BCUT2D eigenvalue weighted by molar-refractivity contribution is -0.126. The minimum absolute atomic E-state index is 0.118. The Hall–Kier alpha value is -1.39. The van der Waals surface area contributed by atoms with Crippen LogP contribution in [0.5, 0.6) is 0 Å². The maximum absolute atomic E-state index is 12.6. The Morgan fingerprint density at radius 2 is 1.95 bits per heavy atom. The molecule has 0 unspecified atom stereocenters. The fraction of sp³-hybridized carbons (Fsp3) is 0.588. The lowest BCUT2D eigenvalue weighted by Crippen LogP contribution is -2.34. The number of rotatable bonds is 7. The van der Waals surface area contributed by atoms with Crippen LogP contribution >= 0.6 is 0 Å². The number of aliphatic hydroxyl groups excluding tert-OH is 1. The fourth-order valence-corrected chi connectivity index (χ4v) is 3.09. The molecule has 1 aliphatic rings. The van der Waals surface area contributed by atoms with Crippen LogP contribution in [-0.4, -0.2) is 31.3 Å². The van der Waals surface area contributed by atoms with Gasteiger partial charge in [-0.1, -0.05) is 25.0 Å². The third kappa shape index (κ3) is 4.05. The predicted octanol–water partition coefficient (Wildman–Crippen LogP) is 2.76. The molecule has 0 heterocycles. The summed E-state index contributed by atoms with van der Waals surface area (Å²) in [4.78, 5) is 12.6. The summed E-state index contributed by atoms with van der Waals surface area (Å²) in [5.41, 5.74) is 1.63. The van der Waals surface area contributed by atoms with Crippen molar-refractivity contribution in [1.29, 1.82) is 0 Å². The van der Waals surface area contributed by atoms with Crippen molar-refractivity contribution in [3.8, 4) is 0 Å². The largest absolute Gasteiger partial charge is 0.396 e. The number of carbonyl (C=O) groups excluding carboxylic acids is 1. The Kier molecular flexibility index (Phi) is 5.76. The van der Waals surface area contributed by atoms with Gasteiger partial charge in [0.2, 0.25) is 5.91 Å². The third-order valence-corrected chi connectivity index (χ3v) is 4.44. The van der Waals surface area contributed by atoms with Crippen molar-refractivity contribution in [2.45, 2.75) is 38.5 Å². The van der Waals surface area contributed by atoms with Crippen molar-refractivity contribution in [2.24, 2.45) is 5.41 Å². The summed E-state index contributed by atoms with van der Waals surface area (Å²) in [7, 11) is 1.68. The zero-order valence-corrected chi connectivity index (χ0v) is 12.7. The summed E-state index contributed by atoms with van der Waals surface area (Å²) in [5.74, 6) is 0.118. The van der Waals surface area contributed by atoms with Gasteiger partial charge in [-0.2, -0.15) is 0 Å². The van der Waals surface area contributed by atoms with E-state index in [-0.39, 0.29) is 17.9 Å². The molecule has 1 saturated carbocycles. The maximum Gasteiger partial charge on any atom is 0.230 e. The van der Waals surface area contributed by atoms with E-state index in [1.54, 1.807) is 7.11 Å². The standard InChI is InChI=1S/C17H25NO3/c1-21-13-11-17(9-2-3-10-17)16(20)18-15-6-4-14(5-7-15)8-12-19/h4-7,19H,2-3,8-13H2,1H3,(H,18,20). The Morgan fingerprint density at radius 3 is 2.52 bits per heavy atom. The molecule has 1 aromatic rings. The van der Waals surface area contributed by atoms with Gasteiger partial charge in [-0.25, -0.2) is 0 Å². The SMILES string of the molecule is COCCC1(C(=O)Nc2ccc(CCO)cc2)CCCC1. The molecular weight excluding hydrogens is 266 g/mol. The topological polar surface area (TPSA) is 58.6 Å². The van der Waals surface area contributed by atoms with Crippen LogP contribution in [0.4, 0.5) is 5.69 Å². The molecule has 1 aromatic carbocycles. The highest BCUT2D eigenvalue weighted by Gasteiger charge is 2.40. The second-order valence-corrected chi connectivity index (χ2v) is 5.85. The van der Waals surface area contributed by atoms with Gasteiger partial charge in [-0.15, -0.1) is 0 Å². The lowest BCUT2D eigenvalue weighted by Gasteiger charge is -2.27. The van der Waals surface area contributed by atoms with Gasteiger partial charge in [-0.3, -0.25) is 4.79 Å². The van der Waals surface area contributed by atoms with Gasteiger partial charge in [0.1, 0.15) is 0 Å². The molecule has 2 rings (SSSR count). The summed E-state index contributed by atoms with van der Waals surface area (Å²) in [5, 5.41) is 12.0. The molecule has 0 radical (unpaired) electrons. The summed E-state index contributed by atoms with van der Waals surface area (Å²) in [6, 6.07) is 7.70. The number of benzene rings is 1. The molecule has 4 heteroatoms. The van der Waals surface area contributed by atoms with E-state index in [9.17, 15) is 4.79 Å². The number of ether oxygens (including phenoxy) is 1. The summed E-state index contributed by atoms with van der Waals surface area (Å²) in [6.07, 6.45) is 5.57. The summed E-state index contributed by atoms with van der Waals surface area (Å²) in [6.45, 7) is 0.773. The minimum Gasteiger partial charge on any atom is -0.396 e. The molecule has 0 saturated heterocycles. The van der Waals surface area contributed by atoms with Gasteiger partial charge in [0, 0.05) is 26.0 Å². The highest BCUT2D eigenvalue weighted by molar-refractivity contribution is 5.95. The molecule has 0 spiro atoms. The molecule has 0 aromatic heterocycles. The molecule has 0 aliphatic heterocycles. The molecule has 1 fully saturated rings. The van der Waals surface area contributed by atoms with Crippen LogP contribution in [0.3, 0.4) is 0 Å². The number of carbonyl (C=O) groups is 1. The Labute approximate surface area is 126 Å². The fourth-order valence-electron chi connectivity index (χ4n) is 3.09. The molecule has 0 atom stereocenters. The van der Waals surface area contributed by atoms with E-state index in [2.05, 4.69) is 5.32 Å². The van der Waals surface area contributed by atoms with E-state index in [4.69, 9.17) is 9.84 Å². The molecule has 21 heavy (non-hydrogen) atoms. The number of anilines is 1. The first-order valence-corrected chi connectivity index (χ1v) is 7.70. The normalized spacial score (nSPS) is 16.9. The highest BCUT2D eigenvalue weighted by atomic mass is 16.5. The molecule has 116 valence electrons. The molecular formula is C17H25NO3. The summed E-state index contributed by atoms with van der Waals surface area (Å²) >= 11 is 0. The zero-order chi connectivity index (χ0) is 15.1. The van der Waals surface area contributed by atoms with Crippen molar-refractivity contribution < 1.29 is 14.6 Å². The number of nitrogens with one attached hydrogen (secondary N) is 1. The molecule has 1 amide bonds. The van der Waals surface area contributed by atoms with Crippen LogP contribution in [0, 0.1) is 5.41 Å². The van der Waals surface area contributed by atoms with E-state index in [0.717, 1.165) is 43.4 Å². The number of hydrogen-bond acceptors (Lipinski definition) is 3. The molecule has 1 aliphatic carbocycles. The first-order chi connectivity index (χ1) is 10.2. The maximum atomic E-state index is 12.6. The monoisotopic (exact) mass is 291 g/mol. The first-order valence-electron chi connectivity index (χ1n) is 7.70. The van der Waals surface area contributed by atoms with E-state index >= 15 is 0 Å². The average Bonchev–Trinajstić information content (AvgIpc) is 2.97. The zero-order valence-electron chi connectivity index (χ0n) is 12.7.